The van der Waals surface area contributed by atoms with Gasteiger partial charge in [-0.1, -0.05) is 17.4 Å². The van der Waals surface area contributed by atoms with Crippen molar-refractivity contribution in [3.05, 3.63) is 83.2 Å². The first kappa shape index (κ1) is 25.2. The van der Waals surface area contributed by atoms with E-state index in [0.29, 0.717) is 45.2 Å². The molecule has 1 amide bonds. The molecule has 10 heteroatoms. The summed E-state index contributed by atoms with van der Waals surface area (Å²) >= 11 is 1.07. The number of thiazole rings is 1. The third kappa shape index (κ3) is 4.32. The fourth-order valence-electron chi connectivity index (χ4n) is 4.39. The number of hydrogen-bond acceptors (Lipinski definition) is 8. The number of fused-ring (bicyclic) bond motifs is 1. The lowest BCUT2D eigenvalue weighted by Gasteiger charge is -2.23. The number of benzene rings is 3. The number of anilines is 1. The van der Waals surface area contributed by atoms with Crippen LogP contribution in [-0.2, 0) is 9.59 Å². The number of amides is 1. The SMILES string of the molecule is CCOc1ccc(/C(O)=C2\C(=O)C(=O)N(c3nc4ccc(F)cc4s3)[C@@H]2c2ccc(OC)c(OC)c2)cc1. The molecule has 38 heavy (non-hydrogen) atoms. The van der Waals surface area contributed by atoms with Gasteiger partial charge >= 0.3 is 5.91 Å². The molecular weight excluding hydrogens is 511 g/mol. The van der Waals surface area contributed by atoms with E-state index in [4.69, 9.17) is 14.2 Å². The first-order chi connectivity index (χ1) is 18.4. The predicted octanol–water partition coefficient (Wildman–Crippen LogP) is 5.48. The summed E-state index contributed by atoms with van der Waals surface area (Å²) < 4.78 is 30.6. The van der Waals surface area contributed by atoms with Crippen molar-refractivity contribution in [3.63, 3.8) is 0 Å². The molecule has 1 aromatic heterocycles. The molecule has 194 valence electrons. The predicted molar refractivity (Wildman–Crippen MR) is 142 cm³/mol. The smallest absolute Gasteiger partial charge is 0.301 e. The Balaban J connectivity index is 1.71. The van der Waals surface area contributed by atoms with Gasteiger partial charge in [0.1, 0.15) is 17.3 Å². The summed E-state index contributed by atoms with van der Waals surface area (Å²) in [5.41, 5.74) is 1.19. The Morgan fingerprint density at radius 1 is 1.03 bits per heavy atom. The third-order valence-corrected chi connectivity index (χ3v) is 7.17. The van der Waals surface area contributed by atoms with Crippen molar-refractivity contribution >= 4 is 44.1 Å². The average Bonchev–Trinajstić information content (AvgIpc) is 3.45. The Kier molecular flexibility index (Phi) is 6.73. The summed E-state index contributed by atoms with van der Waals surface area (Å²) in [5.74, 6) is -1.10. The molecule has 0 bridgehead atoms. The number of ketones is 1. The van der Waals surface area contributed by atoms with E-state index < -0.39 is 23.5 Å². The zero-order valence-corrected chi connectivity index (χ0v) is 21.5. The molecular formula is C28H23FN2O6S. The van der Waals surface area contributed by atoms with Gasteiger partial charge in [0.2, 0.25) is 0 Å². The molecule has 1 aliphatic rings. The number of nitrogens with zero attached hydrogens (tertiary/aromatic N) is 2. The first-order valence-corrected chi connectivity index (χ1v) is 12.5. The summed E-state index contributed by atoms with van der Waals surface area (Å²) in [6.07, 6.45) is 0. The minimum absolute atomic E-state index is 0.114. The second-order valence-corrected chi connectivity index (χ2v) is 9.36. The van der Waals surface area contributed by atoms with Gasteiger partial charge in [0, 0.05) is 5.56 Å². The highest BCUT2D eigenvalue weighted by atomic mass is 32.1. The second-order valence-electron chi connectivity index (χ2n) is 8.35. The normalized spacial score (nSPS) is 16.7. The van der Waals surface area contributed by atoms with Gasteiger partial charge in [0.25, 0.3) is 5.78 Å². The summed E-state index contributed by atoms with van der Waals surface area (Å²) in [5, 5.41) is 11.5. The monoisotopic (exact) mass is 534 g/mol. The number of Topliss-reactive ketones (excluding diaryl/α,β-unsaturated/α-hetero) is 1. The van der Waals surface area contributed by atoms with Gasteiger partial charge < -0.3 is 19.3 Å². The average molecular weight is 535 g/mol. The van der Waals surface area contributed by atoms with Crippen molar-refractivity contribution in [2.24, 2.45) is 0 Å². The highest BCUT2D eigenvalue weighted by Crippen LogP contribution is 2.46. The molecule has 8 nitrogen and oxygen atoms in total. The number of halogens is 1. The maximum Gasteiger partial charge on any atom is 0.301 e. The Bertz CT molecular complexity index is 1580. The van der Waals surface area contributed by atoms with Crippen LogP contribution in [0.3, 0.4) is 0 Å². The molecule has 0 aliphatic carbocycles. The topological polar surface area (TPSA) is 98.2 Å². The van der Waals surface area contributed by atoms with Crippen LogP contribution in [0.15, 0.2) is 66.2 Å². The number of aliphatic hydroxyl groups is 1. The molecule has 4 aromatic rings. The number of aromatic nitrogens is 1. The highest BCUT2D eigenvalue weighted by Gasteiger charge is 2.48. The molecule has 1 N–H and O–H groups in total. The van der Waals surface area contributed by atoms with Crippen LogP contribution in [0.25, 0.3) is 16.0 Å². The van der Waals surface area contributed by atoms with Gasteiger partial charge in [-0.25, -0.2) is 9.37 Å². The van der Waals surface area contributed by atoms with Crippen LogP contribution < -0.4 is 19.1 Å². The van der Waals surface area contributed by atoms with Gasteiger partial charge in [-0.2, -0.15) is 0 Å². The third-order valence-electron chi connectivity index (χ3n) is 6.15. The molecule has 0 saturated carbocycles. The second kappa shape index (κ2) is 10.1. The van der Waals surface area contributed by atoms with Crippen LogP contribution in [0.5, 0.6) is 17.2 Å². The van der Waals surface area contributed by atoms with Crippen LogP contribution in [0.2, 0.25) is 0 Å². The zero-order valence-electron chi connectivity index (χ0n) is 20.7. The molecule has 3 aromatic carbocycles. The van der Waals surface area contributed by atoms with E-state index in [0.717, 1.165) is 11.3 Å². The maximum atomic E-state index is 13.9. The van der Waals surface area contributed by atoms with Gasteiger partial charge in [0.15, 0.2) is 16.6 Å². The van der Waals surface area contributed by atoms with Gasteiger partial charge in [-0.05, 0) is 67.1 Å². The van der Waals surface area contributed by atoms with Crippen LogP contribution >= 0.6 is 11.3 Å². The number of methoxy groups -OCH3 is 2. The van der Waals surface area contributed by atoms with Crippen LogP contribution in [0, 0.1) is 5.82 Å². The molecule has 1 aliphatic heterocycles. The number of carbonyl (C=O) groups is 2. The number of rotatable bonds is 7. The molecule has 1 saturated heterocycles. The van der Waals surface area contributed by atoms with Crippen LogP contribution in [-0.4, -0.2) is 42.6 Å². The van der Waals surface area contributed by atoms with Crippen molar-refractivity contribution in [1.82, 2.24) is 4.98 Å². The fourth-order valence-corrected chi connectivity index (χ4v) is 5.41. The molecule has 2 heterocycles. The minimum Gasteiger partial charge on any atom is -0.507 e. The quantitative estimate of drug-likeness (QED) is 0.191. The number of aliphatic hydroxyl groups excluding tert-OH is 1. The standard InChI is InChI=1S/C28H23FN2O6S/c1-4-37-18-9-5-15(6-10-18)25(32)23-24(16-7-12-20(35-2)21(13-16)36-3)31(27(34)26(23)33)28-30-19-11-8-17(29)14-22(19)38-28/h5-14,24,32H,4H2,1-3H3/b25-23+/t24-/m1/s1. The molecule has 1 fully saturated rings. The molecule has 0 spiro atoms. The molecule has 0 unspecified atom stereocenters. The van der Waals surface area contributed by atoms with E-state index >= 15 is 0 Å². The van der Waals surface area contributed by atoms with Crippen molar-refractivity contribution in [2.75, 3.05) is 25.7 Å². The molecule has 5 rings (SSSR count). The first-order valence-electron chi connectivity index (χ1n) is 11.7. The summed E-state index contributed by atoms with van der Waals surface area (Å²) in [6.45, 7) is 2.33. The summed E-state index contributed by atoms with van der Waals surface area (Å²) in [4.78, 5) is 32.6. The van der Waals surface area contributed by atoms with E-state index in [9.17, 15) is 19.1 Å². The number of hydrogen-bond donors (Lipinski definition) is 1. The van der Waals surface area contributed by atoms with E-state index in [2.05, 4.69) is 4.98 Å². The fraction of sp³-hybridized carbons (Fsp3) is 0.179. The molecule has 0 radical (unpaired) electrons. The van der Waals surface area contributed by atoms with E-state index in [1.807, 2.05) is 6.92 Å². The number of ether oxygens (including phenoxy) is 3. The van der Waals surface area contributed by atoms with E-state index in [1.54, 1.807) is 42.5 Å². The number of carbonyl (C=O) groups excluding carboxylic acids is 2. The highest BCUT2D eigenvalue weighted by molar-refractivity contribution is 7.22. The zero-order chi connectivity index (χ0) is 27.0. The minimum atomic E-state index is -1.04. The Morgan fingerprint density at radius 2 is 1.76 bits per heavy atom. The molecule has 1 atom stereocenters. The van der Waals surface area contributed by atoms with Crippen molar-refractivity contribution in [1.29, 1.82) is 0 Å². The van der Waals surface area contributed by atoms with Crippen LogP contribution in [0.1, 0.15) is 24.1 Å². The Morgan fingerprint density at radius 3 is 2.45 bits per heavy atom. The maximum absolute atomic E-state index is 13.9. The summed E-state index contributed by atoms with van der Waals surface area (Å²) in [6, 6.07) is 14.6. The van der Waals surface area contributed by atoms with Crippen LogP contribution in [0.4, 0.5) is 9.52 Å². The van der Waals surface area contributed by atoms with Crippen molar-refractivity contribution in [3.8, 4) is 17.2 Å². The Labute approximate surface area is 221 Å². The van der Waals surface area contributed by atoms with E-state index in [1.165, 1.54) is 37.3 Å². The lowest BCUT2D eigenvalue weighted by molar-refractivity contribution is -0.132. The van der Waals surface area contributed by atoms with E-state index in [-0.39, 0.29) is 16.5 Å². The Hall–Kier alpha value is -4.44. The lowest BCUT2D eigenvalue weighted by Crippen LogP contribution is -2.29. The van der Waals surface area contributed by atoms with Gasteiger partial charge in [-0.3, -0.25) is 14.5 Å². The van der Waals surface area contributed by atoms with Gasteiger partial charge in [-0.15, -0.1) is 0 Å². The summed E-state index contributed by atoms with van der Waals surface area (Å²) in [7, 11) is 2.97. The largest absolute Gasteiger partial charge is 0.507 e. The van der Waals surface area contributed by atoms with Gasteiger partial charge in [0.05, 0.1) is 42.7 Å². The lowest BCUT2D eigenvalue weighted by atomic mass is 9.95. The van der Waals surface area contributed by atoms with Crippen molar-refractivity contribution in [2.45, 2.75) is 13.0 Å². The van der Waals surface area contributed by atoms with Crippen molar-refractivity contribution < 1.29 is 33.3 Å².